The molecule has 1 N–H and O–H groups in total. The van der Waals surface area contributed by atoms with E-state index in [1.54, 1.807) is 0 Å². The molecule has 1 atom stereocenters. The first-order valence-corrected chi connectivity index (χ1v) is 4.14. The predicted molar refractivity (Wildman–Crippen MR) is 45.0 cm³/mol. The highest BCUT2D eigenvalue weighted by atomic mass is 16.2. The molecule has 1 saturated heterocycles. The standard InChI is InChI=1S/C8H12N2O3/c1-3-4-8(5-11)6(12)10(2)7(13)9-8/h5H,3-4H2,1-2H3,(H,9,13)/t8-/m0/s1. The molecule has 13 heavy (non-hydrogen) atoms. The average Bonchev–Trinajstić information content (AvgIpc) is 2.32. The molecule has 5 heteroatoms. The summed E-state index contributed by atoms with van der Waals surface area (Å²) in [6.07, 6.45) is 1.53. The number of aldehydes is 1. The highest BCUT2D eigenvalue weighted by Crippen LogP contribution is 2.19. The largest absolute Gasteiger partial charge is 0.325 e. The van der Waals surface area contributed by atoms with Crippen molar-refractivity contribution in [2.45, 2.75) is 25.3 Å². The van der Waals surface area contributed by atoms with Crippen LogP contribution in [0.3, 0.4) is 0 Å². The van der Waals surface area contributed by atoms with Gasteiger partial charge in [0.25, 0.3) is 5.91 Å². The lowest BCUT2D eigenvalue weighted by Crippen LogP contribution is -2.48. The van der Waals surface area contributed by atoms with E-state index in [2.05, 4.69) is 5.32 Å². The zero-order valence-corrected chi connectivity index (χ0v) is 7.66. The summed E-state index contributed by atoms with van der Waals surface area (Å²) in [5, 5.41) is 2.39. The molecule has 3 amide bonds. The molecule has 1 heterocycles. The lowest BCUT2D eigenvalue weighted by atomic mass is 9.96. The molecule has 0 aromatic heterocycles. The number of hydrogen-bond donors (Lipinski definition) is 1. The SMILES string of the molecule is CCC[C@@]1(C=O)NC(=O)N(C)C1=O. The van der Waals surface area contributed by atoms with E-state index >= 15 is 0 Å². The second kappa shape index (κ2) is 3.16. The molecule has 0 saturated carbocycles. The molecule has 1 aliphatic heterocycles. The number of carbonyl (C=O) groups is 3. The summed E-state index contributed by atoms with van der Waals surface area (Å²) in [5.74, 6) is -0.464. The van der Waals surface area contributed by atoms with Gasteiger partial charge in [-0.3, -0.25) is 9.69 Å². The molecule has 1 fully saturated rings. The highest BCUT2D eigenvalue weighted by Gasteiger charge is 2.49. The van der Waals surface area contributed by atoms with Gasteiger partial charge in [-0.25, -0.2) is 4.79 Å². The average molecular weight is 184 g/mol. The van der Waals surface area contributed by atoms with Gasteiger partial charge in [0.05, 0.1) is 0 Å². The van der Waals surface area contributed by atoms with Gasteiger partial charge in [0.15, 0.2) is 11.8 Å². The Morgan fingerprint density at radius 3 is 2.46 bits per heavy atom. The van der Waals surface area contributed by atoms with Crippen LogP contribution in [0.4, 0.5) is 4.79 Å². The Morgan fingerprint density at radius 1 is 1.54 bits per heavy atom. The number of nitrogens with zero attached hydrogens (tertiary/aromatic N) is 1. The molecule has 0 aromatic carbocycles. The molecular formula is C8H12N2O3. The molecule has 0 aromatic rings. The van der Waals surface area contributed by atoms with E-state index in [0.717, 1.165) is 4.90 Å². The summed E-state index contributed by atoms with van der Waals surface area (Å²) in [4.78, 5) is 34.2. The number of rotatable bonds is 3. The summed E-state index contributed by atoms with van der Waals surface area (Å²) in [5.41, 5.74) is -1.30. The molecule has 0 radical (unpaired) electrons. The van der Waals surface area contributed by atoms with Crippen LogP contribution in [0.25, 0.3) is 0 Å². The Bertz CT molecular complexity index is 264. The van der Waals surface area contributed by atoms with Gasteiger partial charge in [-0.1, -0.05) is 13.3 Å². The van der Waals surface area contributed by atoms with Crippen LogP contribution in [-0.4, -0.2) is 35.7 Å². The molecule has 72 valence electrons. The first-order valence-electron chi connectivity index (χ1n) is 4.14. The lowest BCUT2D eigenvalue weighted by Gasteiger charge is -2.17. The van der Waals surface area contributed by atoms with E-state index in [1.165, 1.54) is 7.05 Å². The predicted octanol–water partition coefficient (Wildman–Crippen LogP) is -0.0942. The van der Waals surface area contributed by atoms with Crippen molar-refractivity contribution in [3.63, 3.8) is 0 Å². The monoisotopic (exact) mass is 184 g/mol. The number of carbonyl (C=O) groups excluding carboxylic acids is 3. The van der Waals surface area contributed by atoms with Gasteiger partial charge in [0.2, 0.25) is 0 Å². The molecular weight excluding hydrogens is 172 g/mol. The Labute approximate surface area is 76.1 Å². The molecule has 0 bridgehead atoms. The normalized spacial score (nSPS) is 27.7. The first kappa shape index (κ1) is 9.70. The fraction of sp³-hybridized carbons (Fsp3) is 0.625. The summed E-state index contributed by atoms with van der Waals surface area (Å²) in [6.45, 7) is 1.85. The van der Waals surface area contributed by atoms with Gasteiger partial charge in [-0.05, 0) is 6.42 Å². The maximum absolute atomic E-state index is 11.5. The van der Waals surface area contributed by atoms with Crippen LogP contribution in [0, 0.1) is 0 Å². The Balaban J connectivity index is 2.96. The van der Waals surface area contributed by atoms with Crippen molar-refractivity contribution in [3.8, 4) is 0 Å². The summed E-state index contributed by atoms with van der Waals surface area (Å²) >= 11 is 0. The molecule has 0 spiro atoms. The number of nitrogens with one attached hydrogen (secondary N) is 1. The Morgan fingerprint density at radius 2 is 2.15 bits per heavy atom. The van der Waals surface area contributed by atoms with Crippen LogP contribution >= 0.6 is 0 Å². The number of likely N-dealkylation sites (N-methyl/N-ethyl adjacent to an activating group) is 1. The third-order valence-corrected chi connectivity index (χ3v) is 2.17. The summed E-state index contributed by atoms with van der Waals surface area (Å²) in [7, 11) is 1.36. The minimum absolute atomic E-state index is 0.353. The number of amides is 3. The zero-order chi connectivity index (χ0) is 10.1. The van der Waals surface area contributed by atoms with E-state index < -0.39 is 17.5 Å². The number of hydrogen-bond acceptors (Lipinski definition) is 3. The van der Waals surface area contributed by atoms with E-state index in [1.807, 2.05) is 6.92 Å². The molecule has 0 aliphatic carbocycles. The second-order valence-corrected chi connectivity index (χ2v) is 3.13. The fourth-order valence-electron chi connectivity index (χ4n) is 1.42. The minimum atomic E-state index is -1.30. The van der Waals surface area contributed by atoms with Crippen molar-refractivity contribution >= 4 is 18.2 Å². The zero-order valence-electron chi connectivity index (χ0n) is 7.66. The maximum Gasteiger partial charge on any atom is 0.325 e. The van der Waals surface area contributed by atoms with Crippen molar-refractivity contribution in [1.29, 1.82) is 0 Å². The lowest BCUT2D eigenvalue weighted by molar-refractivity contribution is -0.134. The molecule has 1 rings (SSSR count). The highest BCUT2D eigenvalue weighted by molar-refractivity contribution is 6.15. The quantitative estimate of drug-likeness (QED) is 0.378. The van der Waals surface area contributed by atoms with Gasteiger partial charge in [-0.15, -0.1) is 0 Å². The van der Waals surface area contributed by atoms with Crippen LogP contribution in [-0.2, 0) is 9.59 Å². The minimum Gasteiger partial charge on any atom is -0.317 e. The van der Waals surface area contributed by atoms with Crippen molar-refractivity contribution < 1.29 is 14.4 Å². The van der Waals surface area contributed by atoms with Crippen molar-refractivity contribution in [3.05, 3.63) is 0 Å². The van der Waals surface area contributed by atoms with Crippen LogP contribution in [0.2, 0.25) is 0 Å². The molecule has 0 unspecified atom stereocenters. The van der Waals surface area contributed by atoms with Crippen molar-refractivity contribution in [2.75, 3.05) is 7.05 Å². The number of imide groups is 1. The van der Waals surface area contributed by atoms with E-state index in [-0.39, 0.29) is 0 Å². The number of urea groups is 1. The van der Waals surface area contributed by atoms with Gasteiger partial charge in [-0.2, -0.15) is 0 Å². The van der Waals surface area contributed by atoms with Gasteiger partial charge in [0.1, 0.15) is 0 Å². The third-order valence-electron chi connectivity index (χ3n) is 2.17. The van der Waals surface area contributed by atoms with Gasteiger partial charge in [0, 0.05) is 7.05 Å². The van der Waals surface area contributed by atoms with E-state index in [9.17, 15) is 14.4 Å². The smallest absolute Gasteiger partial charge is 0.317 e. The molecule has 5 nitrogen and oxygen atoms in total. The van der Waals surface area contributed by atoms with E-state index in [4.69, 9.17) is 0 Å². The summed E-state index contributed by atoms with van der Waals surface area (Å²) in [6, 6.07) is -0.509. The Hall–Kier alpha value is -1.39. The van der Waals surface area contributed by atoms with E-state index in [0.29, 0.717) is 19.1 Å². The maximum atomic E-state index is 11.5. The summed E-state index contributed by atoms with van der Waals surface area (Å²) < 4.78 is 0. The van der Waals surface area contributed by atoms with Crippen LogP contribution in [0.5, 0.6) is 0 Å². The fourth-order valence-corrected chi connectivity index (χ4v) is 1.42. The first-order chi connectivity index (χ1) is 6.07. The van der Waals surface area contributed by atoms with Gasteiger partial charge < -0.3 is 10.1 Å². The van der Waals surface area contributed by atoms with Gasteiger partial charge >= 0.3 is 6.03 Å². The molecule has 1 aliphatic rings. The van der Waals surface area contributed by atoms with Crippen LogP contribution in [0.1, 0.15) is 19.8 Å². The van der Waals surface area contributed by atoms with Crippen LogP contribution in [0.15, 0.2) is 0 Å². The topological polar surface area (TPSA) is 66.5 Å². The Kier molecular flexibility index (Phi) is 2.36. The van der Waals surface area contributed by atoms with Crippen LogP contribution < -0.4 is 5.32 Å². The second-order valence-electron chi connectivity index (χ2n) is 3.13. The van der Waals surface area contributed by atoms with Crippen molar-refractivity contribution in [2.24, 2.45) is 0 Å². The van der Waals surface area contributed by atoms with Crippen molar-refractivity contribution in [1.82, 2.24) is 10.2 Å². The third kappa shape index (κ3) is 1.30.